The largest absolute Gasteiger partial charge is 0.263 e. The van der Waals surface area contributed by atoms with Gasteiger partial charge in [-0.25, -0.2) is 0 Å². The summed E-state index contributed by atoms with van der Waals surface area (Å²) in [7, 11) is 0. The monoisotopic (exact) mass is 230 g/mol. The summed E-state index contributed by atoms with van der Waals surface area (Å²) in [5.74, 6) is 0. The van der Waals surface area contributed by atoms with Gasteiger partial charge in [0.15, 0.2) is 0 Å². The Hall–Kier alpha value is -2.41. The maximum atomic E-state index is 4.32. The molecule has 2 aromatic carbocycles. The third-order valence-electron chi connectivity index (χ3n) is 2.87. The van der Waals surface area contributed by atoms with Crippen molar-refractivity contribution in [1.29, 1.82) is 0 Å². The van der Waals surface area contributed by atoms with Crippen LogP contribution in [-0.4, -0.2) is 4.98 Å². The molecule has 0 aliphatic carbocycles. The zero-order chi connectivity index (χ0) is 12.2. The lowest BCUT2D eigenvalue weighted by Gasteiger charge is -2.04. The normalized spacial score (nSPS) is 10.2. The molecular weight excluding hydrogens is 218 g/mol. The van der Waals surface area contributed by atoms with Crippen LogP contribution in [0.5, 0.6) is 0 Å². The molecule has 0 aliphatic heterocycles. The van der Waals surface area contributed by atoms with Crippen molar-refractivity contribution in [3.63, 3.8) is 0 Å². The second-order valence-corrected chi connectivity index (χ2v) is 4.10. The van der Waals surface area contributed by atoms with Gasteiger partial charge < -0.3 is 0 Å². The summed E-state index contributed by atoms with van der Waals surface area (Å²) in [5.41, 5.74) is 4.48. The molecule has 0 fully saturated rings. The fourth-order valence-electron chi connectivity index (χ4n) is 1.95. The van der Waals surface area contributed by atoms with Gasteiger partial charge in [-0.15, -0.1) is 0 Å². The maximum absolute atomic E-state index is 4.32. The minimum absolute atomic E-state index is 1.07. The van der Waals surface area contributed by atoms with E-state index >= 15 is 0 Å². The number of hydrogen-bond acceptors (Lipinski definition) is 1. The number of aromatic nitrogens is 1. The molecule has 1 radical (unpaired) electrons. The van der Waals surface area contributed by atoms with E-state index in [0.29, 0.717) is 0 Å². The molecule has 0 spiro atoms. The molecule has 0 atom stereocenters. The first kappa shape index (κ1) is 10.7. The van der Waals surface area contributed by atoms with Gasteiger partial charge in [-0.2, -0.15) is 0 Å². The predicted octanol–water partition coefficient (Wildman–Crippen LogP) is 4.22. The first-order valence-corrected chi connectivity index (χ1v) is 5.91. The van der Waals surface area contributed by atoms with Crippen molar-refractivity contribution in [2.24, 2.45) is 0 Å². The first-order valence-electron chi connectivity index (χ1n) is 5.91. The Morgan fingerprint density at radius 2 is 1.50 bits per heavy atom. The van der Waals surface area contributed by atoms with E-state index in [1.807, 2.05) is 54.9 Å². The zero-order valence-electron chi connectivity index (χ0n) is 9.88. The van der Waals surface area contributed by atoms with Crippen molar-refractivity contribution in [3.05, 3.63) is 79.1 Å². The lowest BCUT2D eigenvalue weighted by atomic mass is 10.0. The van der Waals surface area contributed by atoms with E-state index in [1.165, 1.54) is 5.56 Å². The van der Waals surface area contributed by atoms with Gasteiger partial charge in [-0.3, -0.25) is 4.98 Å². The van der Waals surface area contributed by atoms with Crippen molar-refractivity contribution < 1.29 is 0 Å². The Labute approximate surface area is 107 Å². The Morgan fingerprint density at radius 3 is 2.28 bits per heavy atom. The summed E-state index contributed by atoms with van der Waals surface area (Å²) in [6, 6.07) is 23.6. The fourth-order valence-corrected chi connectivity index (χ4v) is 1.95. The molecule has 85 valence electrons. The molecule has 1 heterocycles. The van der Waals surface area contributed by atoms with E-state index in [0.717, 1.165) is 16.7 Å². The highest BCUT2D eigenvalue weighted by Gasteiger charge is 2.01. The Morgan fingerprint density at radius 1 is 0.722 bits per heavy atom. The molecule has 0 N–H and O–H groups in total. The van der Waals surface area contributed by atoms with Crippen molar-refractivity contribution in [2.75, 3.05) is 0 Å². The van der Waals surface area contributed by atoms with Crippen LogP contribution in [-0.2, 0) is 0 Å². The highest BCUT2D eigenvalue weighted by Crippen LogP contribution is 2.24. The van der Waals surface area contributed by atoms with Gasteiger partial charge in [0.25, 0.3) is 0 Å². The van der Waals surface area contributed by atoms with Gasteiger partial charge in [0.1, 0.15) is 0 Å². The average molecular weight is 230 g/mol. The van der Waals surface area contributed by atoms with Gasteiger partial charge in [0.05, 0.1) is 0 Å². The molecule has 0 bridgehead atoms. The van der Waals surface area contributed by atoms with Crippen LogP contribution in [0.4, 0.5) is 0 Å². The maximum Gasteiger partial charge on any atom is 0.0347 e. The number of benzene rings is 2. The van der Waals surface area contributed by atoms with Crippen LogP contribution in [0.15, 0.2) is 73.1 Å². The third-order valence-corrected chi connectivity index (χ3v) is 2.87. The topological polar surface area (TPSA) is 12.9 Å². The molecule has 3 rings (SSSR count). The summed E-state index contributed by atoms with van der Waals surface area (Å²) in [6.45, 7) is 0. The van der Waals surface area contributed by atoms with Crippen LogP contribution in [0.1, 0.15) is 0 Å². The van der Waals surface area contributed by atoms with Gasteiger partial charge >= 0.3 is 0 Å². The molecule has 0 amide bonds. The summed E-state index contributed by atoms with van der Waals surface area (Å²) in [6.07, 6.45) is 3.76. The van der Waals surface area contributed by atoms with Gasteiger partial charge in [0, 0.05) is 23.5 Å². The first-order chi connectivity index (χ1) is 8.93. The third kappa shape index (κ3) is 2.16. The smallest absolute Gasteiger partial charge is 0.0347 e. The van der Waals surface area contributed by atoms with Crippen molar-refractivity contribution in [2.45, 2.75) is 0 Å². The van der Waals surface area contributed by atoms with Gasteiger partial charge in [0.2, 0.25) is 0 Å². The Kier molecular flexibility index (Phi) is 2.89. The second kappa shape index (κ2) is 4.84. The van der Waals surface area contributed by atoms with Crippen molar-refractivity contribution >= 4 is 0 Å². The van der Waals surface area contributed by atoms with Crippen molar-refractivity contribution in [1.82, 2.24) is 4.98 Å². The van der Waals surface area contributed by atoms with E-state index in [4.69, 9.17) is 0 Å². The fraction of sp³-hybridized carbons (Fsp3) is 0. The van der Waals surface area contributed by atoms with E-state index in [1.54, 1.807) is 0 Å². The van der Waals surface area contributed by atoms with Crippen LogP contribution >= 0.6 is 0 Å². The van der Waals surface area contributed by atoms with Crippen molar-refractivity contribution in [3.8, 4) is 22.3 Å². The molecule has 0 saturated heterocycles. The lowest BCUT2D eigenvalue weighted by Crippen LogP contribution is -1.83. The molecule has 0 unspecified atom stereocenters. The quantitative estimate of drug-likeness (QED) is 0.642. The number of hydrogen-bond donors (Lipinski definition) is 0. The van der Waals surface area contributed by atoms with E-state index < -0.39 is 0 Å². The van der Waals surface area contributed by atoms with Gasteiger partial charge in [-0.05, 0) is 23.3 Å². The molecule has 18 heavy (non-hydrogen) atoms. The minimum Gasteiger partial charge on any atom is -0.263 e. The number of nitrogens with zero attached hydrogens (tertiary/aromatic N) is 1. The van der Waals surface area contributed by atoms with E-state index in [-0.39, 0.29) is 0 Å². The molecule has 1 heteroatoms. The number of rotatable bonds is 2. The standard InChI is InChI=1S/C17H12N/c1-3-7-14(8-4-1)16-11-17(13-18-12-16)15-9-5-2-6-10-15/h1-9,11-13H. The second-order valence-electron chi connectivity index (χ2n) is 4.10. The van der Waals surface area contributed by atoms with Crippen LogP contribution in [0.2, 0.25) is 0 Å². The van der Waals surface area contributed by atoms with Crippen LogP contribution in [0, 0.1) is 6.07 Å². The molecule has 1 nitrogen and oxygen atoms in total. The highest BCUT2D eigenvalue weighted by atomic mass is 14.6. The molecular formula is C17H12N. The zero-order valence-corrected chi connectivity index (χ0v) is 9.88. The van der Waals surface area contributed by atoms with Crippen LogP contribution in [0.25, 0.3) is 22.3 Å². The van der Waals surface area contributed by atoms with E-state index in [9.17, 15) is 0 Å². The summed E-state index contributed by atoms with van der Waals surface area (Å²) in [4.78, 5) is 4.32. The lowest BCUT2D eigenvalue weighted by molar-refractivity contribution is 1.33. The Balaban J connectivity index is 2.05. The van der Waals surface area contributed by atoms with Gasteiger partial charge in [-0.1, -0.05) is 54.6 Å². The van der Waals surface area contributed by atoms with Crippen LogP contribution in [0.3, 0.4) is 0 Å². The SMILES string of the molecule is [c]1ccccc1-c1cncc(-c2ccccc2)c1. The molecule has 0 aliphatic rings. The minimum atomic E-state index is 1.07. The molecule has 0 saturated carbocycles. The predicted molar refractivity (Wildman–Crippen MR) is 73.9 cm³/mol. The average Bonchev–Trinajstić information content (AvgIpc) is 2.49. The highest BCUT2D eigenvalue weighted by molar-refractivity contribution is 5.71. The summed E-state index contributed by atoms with van der Waals surface area (Å²) >= 11 is 0. The molecule has 1 aromatic heterocycles. The van der Waals surface area contributed by atoms with E-state index in [2.05, 4.69) is 29.2 Å². The van der Waals surface area contributed by atoms with Crippen LogP contribution < -0.4 is 0 Å². The summed E-state index contributed by atoms with van der Waals surface area (Å²) in [5, 5.41) is 0. The molecule has 3 aromatic rings. The number of pyridine rings is 1. The Bertz CT molecular complexity index is 575. The summed E-state index contributed by atoms with van der Waals surface area (Å²) < 4.78 is 0.